The lowest BCUT2D eigenvalue weighted by Gasteiger charge is -2.16. The van der Waals surface area contributed by atoms with Crippen molar-refractivity contribution >= 4 is 16.3 Å². The van der Waals surface area contributed by atoms with Gasteiger partial charge in [-0.15, -0.1) is 11.3 Å². The molecule has 1 fully saturated rings. The zero-order valence-corrected chi connectivity index (χ0v) is 12.1. The second-order valence-electron chi connectivity index (χ2n) is 5.58. The maximum atomic E-state index is 9.44. The van der Waals surface area contributed by atoms with Gasteiger partial charge in [0.15, 0.2) is 0 Å². The highest BCUT2D eigenvalue weighted by molar-refractivity contribution is 7.16. The van der Waals surface area contributed by atoms with Crippen LogP contribution in [0.3, 0.4) is 0 Å². The molecule has 1 aliphatic heterocycles. The Hall–Kier alpha value is -1.05. The van der Waals surface area contributed by atoms with Gasteiger partial charge in [-0.05, 0) is 31.4 Å². The molecule has 3 rings (SSSR count). The average molecular weight is 275 g/mol. The van der Waals surface area contributed by atoms with E-state index in [9.17, 15) is 5.26 Å². The van der Waals surface area contributed by atoms with E-state index in [4.69, 9.17) is 0 Å². The molecule has 0 bridgehead atoms. The highest BCUT2D eigenvalue weighted by Gasteiger charge is 2.22. The normalized spacial score (nSPS) is 20.4. The van der Waals surface area contributed by atoms with Gasteiger partial charge in [-0.2, -0.15) is 5.26 Å². The summed E-state index contributed by atoms with van der Waals surface area (Å²) in [5.41, 5.74) is 2.22. The third-order valence-electron chi connectivity index (χ3n) is 4.23. The minimum Gasteiger partial charge on any atom is -0.373 e. The number of hydrogen-bond donors (Lipinski definition) is 2. The number of fused-ring (bicyclic) bond motifs is 1. The molecule has 0 atom stereocenters. The van der Waals surface area contributed by atoms with Crippen LogP contribution in [-0.2, 0) is 13.0 Å². The summed E-state index contributed by atoms with van der Waals surface area (Å²) in [6.45, 7) is 1.93. The van der Waals surface area contributed by atoms with Crippen molar-refractivity contribution in [1.29, 1.82) is 5.26 Å². The van der Waals surface area contributed by atoms with Gasteiger partial charge in [-0.3, -0.25) is 0 Å². The number of hydrogen-bond acceptors (Lipinski definition) is 4. The van der Waals surface area contributed by atoms with Crippen LogP contribution in [0.4, 0.5) is 5.00 Å². The zero-order chi connectivity index (χ0) is 13.1. The summed E-state index contributed by atoms with van der Waals surface area (Å²) in [4.78, 5) is 1.36. The van der Waals surface area contributed by atoms with Crippen molar-refractivity contribution in [2.24, 2.45) is 0 Å². The van der Waals surface area contributed by atoms with Crippen LogP contribution >= 0.6 is 11.3 Å². The molecular formula is C15H21N3S. The van der Waals surface area contributed by atoms with E-state index in [0.29, 0.717) is 6.04 Å². The van der Waals surface area contributed by atoms with E-state index in [1.807, 2.05) is 0 Å². The summed E-state index contributed by atoms with van der Waals surface area (Å²) >= 11 is 1.79. The number of anilines is 1. The zero-order valence-electron chi connectivity index (χ0n) is 11.3. The number of nitrogens with one attached hydrogen (secondary N) is 2. The third-order valence-corrected chi connectivity index (χ3v) is 5.39. The number of nitriles is 1. The second kappa shape index (κ2) is 5.94. The smallest absolute Gasteiger partial charge is 0.107 e. The topological polar surface area (TPSA) is 47.9 Å². The van der Waals surface area contributed by atoms with E-state index in [-0.39, 0.29) is 0 Å². The van der Waals surface area contributed by atoms with Gasteiger partial charge in [0.2, 0.25) is 0 Å². The van der Waals surface area contributed by atoms with Crippen molar-refractivity contribution in [3.05, 3.63) is 16.0 Å². The average Bonchev–Trinajstić information content (AvgIpc) is 2.60. The Bertz CT molecular complexity index is 478. The van der Waals surface area contributed by atoms with Gasteiger partial charge in [0.1, 0.15) is 11.1 Å². The molecule has 1 aliphatic carbocycles. The van der Waals surface area contributed by atoms with Gasteiger partial charge < -0.3 is 10.6 Å². The minimum atomic E-state index is 0.572. The first-order chi connectivity index (χ1) is 9.38. The Morgan fingerprint density at radius 3 is 2.74 bits per heavy atom. The molecule has 0 radical (unpaired) electrons. The van der Waals surface area contributed by atoms with E-state index in [1.54, 1.807) is 11.3 Å². The highest BCUT2D eigenvalue weighted by Crippen LogP contribution is 2.36. The Morgan fingerprint density at radius 2 is 2.00 bits per heavy atom. The lowest BCUT2D eigenvalue weighted by atomic mass is 10.0. The molecule has 4 heteroatoms. The van der Waals surface area contributed by atoms with Crippen LogP contribution in [0.5, 0.6) is 0 Å². The summed E-state index contributed by atoms with van der Waals surface area (Å²) in [5.74, 6) is 0. The molecule has 19 heavy (non-hydrogen) atoms. The fourth-order valence-electron chi connectivity index (χ4n) is 3.16. The second-order valence-corrected chi connectivity index (χ2v) is 6.68. The van der Waals surface area contributed by atoms with Gasteiger partial charge in [0.05, 0.1) is 5.56 Å². The van der Waals surface area contributed by atoms with E-state index in [0.717, 1.165) is 30.1 Å². The molecule has 1 aromatic heterocycles. The first-order valence-corrected chi connectivity index (χ1v) is 8.22. The Kier molecular flexibility index (Phi) is 4.05. The molecule has 2 aliphatic rings. The van der Waals surface area contributed by atoms with Crippen LogP contribution in [0.1, 0.15) is 54.5 Å². The Morgan fingerprint density at radius 1 is 1.21 bits per heavy atom. The monoisotopic (exact) mass is 275 g/mol. The molecule has 2 N–H and O–H groups in total. The van der Waals surface area contributed by atoms with Crippen LogP contribution < -0.4 is 10.6 Å². The van der Waals surface area contributed by atoms with E-state index >= 15 is 0 Å². The van der Waals surface area contributed by atoms with Crippen molar-refractivity contribution in [3.8, 4) is 6.07 Å². The lowest BCUT2D eigenvalue weighted by Crippen LogP contribution is -2.22. The SMILES string of the molecule is N#Cc1c(NC2CCCCCC2)sc2c1CCNC2. The van der Waals surface area contributed by atoms with Gasteiger partial charge in [0, 0.05) is 17.5 Å². The Balaban J connectivity index is 1.80. The maximum absolute atomic E-state index is 9.44. The molecule has 0 unspecified atom stereocenters. The fraction of sp³-hybridized carbons (Fsp3) is 0.667. The molecular weight excluding hydrogens is 254 g/mol. The maximum Gasteiger partial charge on any atom is 0.107 e. The third kappa shape index (κ3) is 2.77. The molecule has 0 amide bonds. The Labute approximate surface area is 119 Å². The van der Waals surface area contributed by atoms with Crippen molar-refractivity contribution in [3.63, 3.8) is 0 Å². The largest absolute Gasteiger partial charge is 0.373 e. The van der Waals surface area contributed by atoms with Gasteiger partial charge in [-0.25, -0.2) is 0 Å². The quantitative estimate of drug-likeness (QED) is 0.813. The standard InChI is InChI=1S/C15H21N3S/c16-9-13-12-7-8-17-10-14(12)19-15(13)18-11-5-3-1-2-4-6-11/h11,17-18H,1-8,10H2. The summed E-state index contributed by atoms with van der Waals surface area (Å²) in [7, 11) is 0. The fourth-order valence-corrected chi connectivity index (χ4v) is 4.41. The lowest BCUT2D eigenvalue weighted by molar-refractivity contribution is 0.621. The van der Waals surface area contributed by atoms with Crippen molar-refractivity contribution < 1.29 is 0 Å². The number of rotatable bonds is 2. The molecule has 0 aromatic carbocycles. The van der Waals surface area contributed by atoms with Crippen LogP contribution in [0, 0.1) is 11.3 Å². The van der Waals surface area contributed by atoms with Gasteiger partial charge >= 0.3 is 0 Å². The number of thiophene rings is 1. The predicted molar refractivity (Wildman–Crippen MR) is 79.6 cm³/mol. The minimum absolute atomic E-state index is 0.572. The van der Waals surface area contributed by atoms with Crippen molar-refractivity contribution in [2.45, 2.75) is 57.5 Å². The predicted octanol–water partition coefficient (Wildman–Crippen LogP) is 3.40. The van der Waals surface area contributed by atoms with Crippen LogP contribution in [0.2, 0.25) is 0 Å². The van der Waals surface area contributed by atoms with Crippen LogP contribution in [0.15, 0.2) is 0 Å². The molecule has 1 saturated carbocycles. The highest BCUT2D eigenvalue weighted by atomic mass is 32.1. The van der Waals surface area contributed by atoms with E-state index in [1.165, 1.54) is 49.0 Å². The van der Waals surface area contributed by atoms with E-state index in [2.05, 4.69) is 16.7 Å². The summed E-state index contributed by atoms with van der Waals surface area (Å²) in [6, 6.07) is 3.00. The van der Waals surface area contributed by atoms with Crippen molar-refractivity contribution in [2.75, 3.05) is 11.9 Å². The molecule has 2 heterocycles. The first-order valence-electron chi connectivity index (χ1n) is 7.40. The van der Waals surface area contributed by atoms with Crippen LogP contribution in [-0.4, -0.2) is 12.6 Å². The van der Waals surface area contributed by atoms with Gasteiger partial charge in [-0.1, -0.05) is 25.7 Å². The molecule has 0 spiro atoms. The van der Waals surface area contributed by atoms with Crippen molar-refractivity contribution in [1.82, 2.24) is 5.32 Å². The number of nitrogens with zero attached hydrogens (tertiary/aromatic N) is 1. The van der Waals surface area contributed by atoms with Gasteiger partial charge in [0.25, 0.3) is 0 Å². The molecule has 3 nitrogen and oxygen atoms in total. The van der Waals surface area contributed by atoms with Crippen LogP contribution in [0.25, 0.3) is 0 Å². The first kappa shape index (κ1) is 13.0. The summed E-state index contributed by atoms with van der Waals surface area (Å²) < 4.78 is 0. The summed E-state index contributed by atoms with van der Waals surface area (Å²) in [6.07, 6.45) is 8.90. The molecule has 102 valence electrons. The molecule has 0 saturated heterocycles. The van der Waals surface area contributed by atoms with E-state index < -0.39 is 0 Å². The summed E-state index contributed by atoms with van der Waals surface area (Å²) in [5, 5.41) is 17.6. The molecule has 1 aromatic rings.